The first-order chi connectivity index (χ1) is 16.0. The number of aromatic nitrogens is 4. The van der Waals surface area contributed by atoms with Crippen LogP contribution in [0.3, 0.4) is 0 Å². The summed E-state index contributed by atoms with van der Waals surface area (Å²) in [5, 5.41) is 5.14. The monoisotopic (exact) mass is 466 g/mol. The molecule has 9 nitrogen and oxygen atoms in total. The van der Waals surface area contributed by atoms with E-state index in [0.29, 0.717) is 51.6 Å². The van der Waals surface area contributed by atoms with E-state index in [9.17, 15) is 4.79 Å². The predicted octanol–water partition coefficient (Wildman–Crippen LogP) is 4.45. The molecule has 0 spiro atoms. The molecule has 33 heavy (non-hydrogen) atoms. The maximum Gasteiger partial charge on any atom is 0.262 e. The quantitative estimate of drug-likeness (QED) is 0.289. The summed E-state index contributed by atoms with van der Waals surface area (Å²) in [5.41, 5.74) is 1.26. The van der Waals surface area contributed by atoms with Gasteiger partial charge in [0.25, 0.3) is 5.56 Å². The van der Waals surface area contributed by atoms with Gasteiger partial charge >= 0.3 is 0 Å². The van der Waals surface area contributed by atoms with Crippen molar-refractivity contribution in [2.24, 2.45) is 0 Å². The molecule has 3 heterocycles. The van der Waals surface area contributed by atoms with E-state index in [4.69, 9.17) is 23.7 Å². The molecule has 1 aliphatic rings. The van der Waals surface area contributed by atoms with Crippen molar-refractivity contribution >= 4 is 22.7 Å². The first-order valence-corrected chi connectivity index (χ1v) is 11.6. The van der Waals surface area contributed by atoms with E-state index < -0.39 is 0 Å². The van der Waals surface area contributed by atoms with Crippen LogP contribution in [0.2, 0.25) is 0 Å². The second-order valence-electron chi connectivity index (χ2n) is 7.64. The third kappa shape index (κ3) is 4.13. The topological polar surface area (TPSA) is 102 Å². The van der Waals surface area contributed by atoms with E-state index in [2.05, 4.69) is 10.1 Å². The molecule has 5 rings (SSSR count). The summed E-state index contributed by atoms with van der Waals surface area (Å²) < 4.78 is 23.4. The van der Waals surface area contributed by atoms with Crippen molar-refractivity contribution < 1.29 is 18.7 Å². The van der Waals surface area contributed by atoms with Crippen molar-refractivity contribution in [1.82, 2.24) is 19.7 Å². The van der Waals surface area contributed by atoms with Crippen LogP contribution < -0.4 is 19.8 Å². The maximum atomic E-state index is 13.2. The Kier molecular flexibility index (Phi) is 5.67. The lowest BCUT2D eigenvalue weighted by Gasteiger charge is -2.15. The molecule has 1 aliphatic heterocycles. The van der Waals surface area contributed by atoms with Crippen LogP contribution in [0.4, 0.5) is 0 Å². The Morgan fingerprint density at radius 1 is 1.12 bits per heavy atom. The number of fused-ring (bicyclic) bond motifs is 2. The Morgan fingerprint density at radius 3 is 2.61 bits per heavy atom. The second kappa shape index (κ2) is 8.78. The molecule has 0 atom stereocenters. The second-order valence-corrected chi connectivity index (χ2v) is 8.59. The molecule has 0 saturated heterocycles. The summed E-state index contributed by atoms with van der Waals surface area (Å²) in [7, 11) is 0. The minimum atomic E-state index is -0.128. The molecule has 0 fully saturated rings. The summed E-state index contributed by atoms with van der Waals surface area (Å²) in [4.78, 5) is 22.4. The number of benzene rings is 2. The fourth-order valence-corrected chi connectivity index (χ4v) is 4.52. The Hall–Kier alpha value is -3.53. The van der Waals surface area contributed by atoms with E-state index in [0.717, 1.165) is 11.3 Å². The van der Waals surface area contributed by atoms with Crippen LogP contribution in [0.1, 0.15) is 32.7 Å². The highest BCUT2D eigenvalue weighted by Crippen LogP contribution is 2.35. The smallest absolute Gasteiger partial charge is 0.262 e. The van der Waals surface area contributed by atoms with Crippen LogP contribution in [0.15, 0.2) is 50.9 Å². The highest BCUT2D eigenvalue weighted by Gasteiger charge is 2.21. The number of rotatable bonds is 7. The fourth-order valence-electron chi connectivity index (χ4n) is 3.55. The van der Waals surface area contributed by atoms with Crippen LogP contribution in [0.25, 0.3) is 22.3 Å². The van der Waals surface area contributed by atoms with E-state index in [1.165, 1.54) is 11.8 Å². The van der Waals surface area contributed by atoms with Crippen molar-refractivity contribution in [2.45, 2.75) is 37.7 Å². The highest BCUT2D eigenvalue weighted by molar-refractivity contribution is 7.98. The average molecular weight is 467 g/mol. The zero-order valence-corrected chi connectivity index (χ0v) is 19.2. The maximum absolute atomic E-state index is 13.2. The standard InChI is InChI=1S/C23H22N4O5S/c1-4-29-15-7-5-14(6-8-15)21-25-20(32-26-21)11-33-23-24-17-10-19-18(30-12-31-19)9-16(17)22(28)27(23)13(2)3/h5-10,13H,4,11-12H2,1-3H3. The van der Waals surface area contributed by atoms with Crippen molar-refractivity contribution in [3.63, 3.8) is 0 Å². The summed E-state index contributed by atoms with van der Waals surface area (Å²) >= 11 is 1.37. The molecule has 2 aromatic heterocycles. The van der Waals surface area contributed by atoms with Gasteiger partial charge in [-0.25, -0.2) is 4.98 Å². The van der Waals surface area contributed by atoms with Gasteiger partial charge in [-0.3, -0.25) is 9.36 Å². The van der Waals surface area contributed by atoms with Crippen LogP contribution in [0.5, 0.6) is 17.2 Å². The molecular weight excluding hydrogens is 444 g/mol. The molecular formula is C23H22N4O5S. The molecule has 0 amide bonds. The molecule has 0 aliphatic carbocycles. The zero-order valence-electron chi connectivity index (χ0n) is 18.4. The molecule has 0 unspecified atom stereocenters. The lowest BCUT2D eigenvalue weighted by Crippen LogP contribution is -2.25. The van der Waals surface area contributed by atoms with Gasteiger partial charge in [-0.05, 0) is 51.1 Å². The predicted molar refractivity (Wildman–Crippen MR) is 123 cm³/mol. The lowest BCUT2D eigenvalue weighted by molar-refractivity contribution is 0.174. The molecule has 0 bridgehead atoms. The van der Waals surface area contributed by atoms with Crippen molar-refractivity contribution in [2.75, 3.05) is 13.4 Å². The zero-order chi connectivity index (χ0) is 22.9. The minimum absolute atomic E-state index is 0.0792. The fraction of sp³-hybridized carbons (Fsp3) is 0.304. The Morgan fingerprint density at radius 2 is 1.88 bits per heavy atom. The first-order valence-electron chi connectivity index (χ1n) is 10.6. The number of nitrogens with zero attached hydrogens (tertiary/aromatic N) is 4. The highest BCUT2D eigenvalue weighted by atomic mass is 32.2. The third-order valence-corrected chi connectivity index (χ3v) is 6.03. The van der Waals surface area contributed by atoms with Gasteiger partial charge in [0, 0.05) is 17.7 Å². The molecule has 0 radical (unpaired) electrons. The molecule has 4 aromatic rings. The summed E-state index contributed by atoms with van der Waals surface area (Å²) in [5.74, 6) is 3.25. The summed E-state index contributed by atoms with van der Waals surface area (Å²) in [6, 6.07) is 10.9. The van der Waals surface area contributed by atoms with Gasteiger partial charge in [0.05, 0.1) is 23.3 Å². The van der Waals surface area contributed by atoms with Gasteiger partial charge in [-0.1, -0.05) is 16.9 Å². The number of hydrogen-bond donors (Lipinski definition) is 0. The molecule has 170 valence electrons. The normalized spacial score (nSPS) is 12.6. The summed E-state index contributed by atoms with van der Waals surface area (Å²) in [6.45, 7) is 6.58. The number of ether oxygens (including phenoxy) is 3. The Balaban J connectivity index is 1.41. The van der Waals surface area contributed by atoms with E-state index in [1.54, 1.807) is 16.7 Å². The van der Waals surface area contributed by atoms with E-state index in [-0.39, 0.29) is 18.4 Å². The summed E-state index contributed by atoms with van der Waals surface area (Å²) in [6.07, 6.45) is 0. The van der Waals surface area contributed by atoms with Gasteiger partial charge in [-0.15, -0.1) is 0 Å². The average Bonchev–Trinajstić information content (AvgIpc) is 3.46. The van der Waals surface area contributed by atoms with Gasteiger partial charge in [0.2, 0.25) is 18.5 Å². The van der Waals surface area contributed by atoms with E-state index >= 15 is 0 Å². The van der Waals surface area contributed by atoms with Crippen LogP contribution in [0, 0.1) is 0 Å². The molecule has 2 aromatic carbocycles. The van der Waals surface area contributed by atoms with Crippen molar-refractivity contribution in [1.29, 1.82) is 0 Å². The Labute approximate surface area is 193 Å². The van der Waals surface area contributed by atoms with Crippen molar-refractivity contribution in [3.05, 3.63) is 52.6 Å². The lowest BCUT2D eigenvalue weighted by atomic mass is 10.2. The van der Waals surface area contributed by atoms with Gasteiger partial charge in [0.1, 0.15) is 5.75 Å². The molecule has 10 heteroatoms. The van der Waals surface area contributed by atoms with Crippen LogP contribution >= 0.6 is 11.8 Å². The third-order valence-electron chi connectivity index (χ3n) is 5.10. The van der Waals surface area contributed by atoms with Crippen molar-refractivity contribution in [3.8, 4) is 28.6 Å². The Bertz CT molecular complexity index is 1360. The van der Waals surface area contributed by atoms with Crippen LogP contribution in [-0.4, -0.2) is 33.1 Å². The van der Waals surface area contributed by atoms with Gasteiger partial charge in [0.15, 0.2) is 16.7 Å². The van der Waals surface area contributed by atoms with Gasteiger partial charge in [-0.2, -0.15) is 4.98 Å². The molecule has 0 N–H and O–H groups in total. The first kappa shape index (κ1) is 21.3. The minimum Gasteiger partial charge on any atom is -0.494 e. The van der Waals surface area contributed by atoms with Gasteiger partial charge < -0.3 is 18.7 Å². The van der Waals surface area contributed by atoms with Crippen LogP contribution in [-0.2, 0) is 5.75 Å². The SMILES string of the molecule is CCOc1ccc(-c2noc(CSc3nc4cc5c(cc4c(=O)n3C(C)C)OCO5)n2)cc1. The molecule has 0 saturated carbocycles. The van der Waals surface area contributed by atoms with E-state index in [1.807, 2.05) is 45.0 Å². The number of hydrogen-bond acceptors (Lipinski definition) is 9. The largest absolute Gasteiger partial charge is 0.494 e. The number of thioether (sulfide) groups is 1.